The zero-order chi connectivity index (χ0) is 21.2. The van der Waals surface area contributed by atoms with Crippen LogP contribution >= 0.6 is 0 Å². The van der Waals surface area contributed by atoms with E-state index in [-0.39, 0.29) is 11.8 Å². The number of benzene rings is 2. The van der Waals surface area contributed by atoms with Crippen LogP contribution < -0.4 is 0 Å². The molecular weight excluding hydrogens is 388 g/mol. The predicted molar refractivity (Wildman–Crippen MR) is 128 cm³/mol. The summed E-state index contributed by atoms with van der Waals surface area (Å²) in [4.78, 5) is 14.5. The second kappa shape index (κ2) is 7.57. The van der Waals surface area contributed by atoms with E-state index in [0.29, 0.717) is 29.5 Å². The van der Waals surface area contributed by atoms with E-state index in [2.05, 4.69) is 60.7 Å². The number of ketones is 1. The molecule has 0 radical (unpaired) electrons. The zero-order valence-electron chi connectivity index (χ0n) is 19.1. The fraction of sp³-hybridized carbons (Fsp3) is 0.581. The highest BCUT2D eigenvalue weighted by atomic mass is 16.1. The second-order valence-corrected chi connectivity index (χ2v) is 11.7. The maximum absolute atomic E-state index is 14.5. The normalized spacial score (nSPS) is 44.6. The van der Waals surface area contributed by atoms with Crippen molar-refractivity contribution in [3.8, 4) is 0 Å². The Bertz CT molecular complexity index is 901. The van der Waals surface area contributed by atoms with Gasteiger partial charge in [0, 0.05) is 11.8 Å². The molecule has 0 N–H and O–H groups in total. The molecule has 5 aliphatic rings. The summed E-state index contributed by atoms with van der Waals surface area (Å²) in [6.07, 6.45) is 10.9. The van der Waals surface area contributed by atoms with Gasteiger partial charge in [-0.2, -0.15) is 0 Å². The minimum absolute atomic E-state index is 0.279. The summed E-state index contributed by atoms with van der Waals surface area (Å²) in [7, 11) is 0. The molecule has 5 saturated carbocycles. The van der Waals surface area contributed by atoms with Crippen molar-refractivity contribution in [2.75, 3.05) is 0 Å². The molecule has 32 heavy (non-hydrogen) atoms. The van der Waals surface area contributed by atoms with Crippen LogP contribution in [0.15, 0.2) is 60.7 Å². The summed E-state index contributed by atoms with van der Waals surface area (Å²) >= 11 is 0. The Kier molecular flexibility index (Phi) is 4.63. The van der Waals surface area contributed by atoms with Crippen molar-refractivity contribution in [1.29, 1.82) is 0 Å². The topological polar surface area (TPSA) is 17.1 Å². The van der Waals surface area contributed by atoms with Crippen LogP contribution in [0.4, 0.5) is 0 Å². The van der Waals surface area contributed by atoms with Gasteiger partial charge in [-0.15, -0.1) is 0 Å². The first-order valence-electron chi connectivity index (χ1n) is 13.5. The van der Waals surface area contributed by atoms with Crippen LogP contribution in [0.5, 0.6) is 0 Å². The van der Waals surface area contributed by atoms with Gasteiger partial charge in [-0.1, -0.05) is 73.5 Å². The van der Waals surface area contributed by atoms with Crippen molar-refractivity contribution in [3.63, 3.8) is 0 Å². The molecule has 5 fully saturated rings. The molecule has 0 bridgehead atoms. The highest BCUT2D eigenvalue weighted by Gasteiger charge is 2.66. The summed E-state index contributed by atoms with van der Waals surface area (Å²) in [6.45, 7) is 0. The Labute approximate surface area is 193 Å². The molecule has 5 aliphatic carbocycles. The van der Waals surface area contributed by atoms with Crippen molar-refractivity contribution in [2.24, 2.45) is 47.3 Å². The summed E-state index contributed by atoms with van der Waals surface area (Å²) < 4.78 is 0. The van der Waals surface area contributed by atoms with Gasteiger partial charge in [0.25, 0.3) is 0 Å². The van der Waals surface area contributed by atoms with E-state index < -0.39 is 0 Å². The molecule has 166 valence electrons. The maximum Gasteiger partial charge on any atom is 0.140 e. The van der Waals surface area contributed by atoms with Crippen LogP contribution in [0.2, 0.25) is 0 Å². The Morgan fingerprint density at radius 3 is 1.38 bits per heavy atom. The molecule has 0 aromatic heterocycles. The maximum atomic E-state index is 14.5. The number of carbonyl (C=O) groups excluding carboxylic acids is 1. The summed E-state index contributed by atoms with van der Waals surface area (Å²) in [5.41, 5.74) is 2.86. The number of carbonyl (C=O) groups is 1. The van der Waals surface area contributed by atoms with Crippen molar-refractivity contribution < 1.29 is 4.79 Å². The van der Waals surface area contributed by atoms with E-state index in [4.69, 9.17) is 0 Å². The van der Waals surface area contributed by atoms with Crippen LogP contribution in [0, 0.1) is 47.3 Å². The van der Waals surface area contributed by atoms with E-state index in [1.54, 1.807) is 0 Å². The third-order valence-corrected chi connectivity index (χ3v) is 10.8. The third kappa shape index (κ3) is 2.72. The summed E-state index contributed by atoms with van der Waals surface area (Å²) in [6, 6.07) is 22.2. The average Bonchev–Trinajstić information content (AvgIpc) is 3.18. The zero-order valence-corrected chi connectivity index (χ0v) is 19.1. The molecule has 2 aromatic rings. The molecule has 0 aliphatic heterocycles. The smallest absolute Gasteiger partial charge is 0.140 e. The van der Waals surface area contributed by atoms with Crippen LogP contribution in [-0.4, -0.2) is 5.78 Å². The van der Waals surface area contributed by atoms with Crippen molar-refractivity contribution in [1.82, 2.24) is 0 Å². The second-order valence-electron chi connectivity index (χ2n) is 11.7. The Balaban J connectivity index is 1.35. The number of fused-ring (bicyclic) bond motifs is 3. The molecule has 0 amide bonds. The van der Waals surface area contributed by atoms with Gasteiger partial charge in [0.05, 0.1) is 0 Å². The first-order chi connectivity index (χ1) is 15.8. The summed E-state index contributed by atoms with van der Waals surface area (Å²) in [5.74, 6) is 6.88. The van der Waals surface area contributed by atoms with E-state index in [1.165, 1.54) is 62.5 Å². The number of rotatable bonds is 2. The van der Waals surface area contributed by atoms with Crippen LogP contribution in [-0.2, 0) is 4.79 Å². The number of hydrogen-bond donors (Lipinski definition) is 0. The van der Waals surface area contributed by atoms with Crippen LogP contribution in [0.1, 0.15) is 74.3 Å². The largest absolute Gasteiger partial charge is 0.299 e. The Hall–Kier alpha value is -1.89. The molecule has 0 heterocycles. The average molecular weight is 425 g/mol. The molecule has 0 spiro atoms. The van der Waals surface area contributed by atoms with Crippen LogP contribution in [0.3, 0.4) is 0 Å². The molecule has 10 unspecified atom stereocenters. The Morgan fingerprint density at radius 1 is 0.500 bits per heavy atom. The Morgan fingerprint density at radius 2 is 0.938 bits per heavy atom. The van der Waals surface area contributed by atoms with Gasteiger partial charge in [-0.3, -0.25) is 4.79 Å². The highest BCUT2D eigenvalue weighted by molar-refractivity contribution is 5.89. The predicted octanol–water partition coefficient (Wildman–Crippen LogP) is 7.24. The van der Waals surface area contributed by atoms with Crippen molar-refractivity contribution >= 4 is 5.78 Å². The lowest BCUT2D eigenvalue weighted by molar-refractivity contribution is -0.127. The van der Waals surface area contributed by atoms with Gasteiger partial charge in [-0.25, -0.2) is 0 Å². The monoisotopic (exact) mass is 424 g/mol. The fourth-order valence-electron chi connectivity index (χ4n) is 10.0. The lowest BCUT2D eigenvalue weighted by Crippen LogP contribution is -2.52. The van der Waals surface area contributed by atoms with Gasteiger partial charge < -0.3 is 0 Å². The molecule has 1 nitrogen and oxygen atoms in total. The van der Waals surface area contributed by atoms with Gasteiger partial charge in [0.15, 0.2) is 0 Å². The molecule has 2 aromatic carbocycles. The minimum Gasteiger partial charge on any atom is -0.299 e. The molecule has 1 heteroatoms. The van der Waals surface area contributed by atoms with E-state index in [1.807, 2.05) is 0 Å². The molecule has 7 rings (SSSR count). The van der Waals surface area contributed by atoms with Crippen molar-refractivity contribution in [2.45, 2.75) is 63.2 Å². The van der Waals surface area contributed by atoms with Gasteiger partial charge in [-0.05, 0) is 97.0 Å². The summed E-state index contributed by atoms with van der Waals surface area (Å²) in [5, 5.41) is 0. The molecule has 0 saturated heterocycles. The quantitative estimate of drug-likeness (QED) is 0.496. The van der Waals surface area contributed by atoms with Gasteiger partial charge in [0.2, 0.25) is 0 Å². The highest BCUT2D eigenvalue weighted by Crippen LogP contribution is 2.69. The standard InChI is InChI=1S/C31H36O/c32-31-29-21(19-9-3-1-4-10-19)15-17-25-23-13-7-8-14-24(23)26-18-16-22(20-11-5-2-6-12-20)30(31)28(26)27(25)29/h1-6,9-12,21-30H,7-8,13-18H2. The first kappa shape index (κ1) is 19.6. The van der Waals surface area contributed by atoms with Crippen molar-refractivity contribution in [3.05, 3.63) is 71.8 Å². The lowest BCUT2D eigenvalue weighted by atomic mass is 9.46. The van der Waals surface area contributed by atoms with E-state index in [9.17, 15) is 4.79 Å². The fourth-order valence-corrected chi connectivity index (χ4v) is 10.0. The van der Waals surface area contributed by atoms with E-state index in [0.717, 1.165) is 23.7 Å². The first-order valence-corrected chi connectivity index (χ1v) is 13.5. The van der Waals surface area contributed by atoms with Gasteiger partial charge in [0.1, 0.15) is 5.78 Å². The van der Waals surface area contributed by atoms with Crippen LogP contribution in [0.25, 0.3) is 0 Å². The van der Waals surface area contributed by atoms with E-state index >= 15 is 0 Å². The third-order valence-electron chi connectivity index (χ3n) is 10.8. The van der Waals surface area contributed by atoms with Gasteiger partial charge >= 0.3 is 0 Å². The molecule has 10 atom stereocenters. The minimum atomic E-state index is 0.279. The lowest BCUT2D eigenvalue weighted by Gasteiger charge is -2.58. The molecular formula is C31H36O. The SMILES string of the molecule is O=C1C2C(c3ccccc3)CCC3C4CCCCC4C4CCC(c5ccccc5)C1C4C32. The number of Topliss-reactive ketones (excluding diaryl/α,β-unsaturated/α-hetero) is 1. The number of hydrogen-bond acceptors (Lipinski definition) is 1.